The number of methoxy groups -OCH3 is 2. The Labute approximate surface area is 194 Å². The summed E-state index contributed by atoms with van der Waals surface area (Å²) in [6, 6.07) is 8.15. The van der Waals surface area contributed by atoms with E-state index < -0.39 is 0 Å². The quantitative estimate of drug-likeness (QED) is 0.582. The van der Waals surface area contributed by atoms with Gasteiger partial charge in [0.25, 0.3) is 0 Å². The number of anilines is 1. The maximum atomic E-state index is 13.3. The molecule has 3 amide bonds. The molecular weight excluding hydrogens is 426 g/mol. The molecule has 0 spiro atoms. The van der Waals surface area contributed by atoms with Crippen molar-refractivity contribution < 1.29 is 28.2 Å². The molecule has 1 fully saturated rings. The van der Waals surface area contributed by atoms with Gasteiger partial charge in [0.05, 0.1) is 33.1 Å². The van der Waals surface area contributed by atoms with Gasteiger partial charge >= 0.3 is 6.03 Å². The van der Waals surface area contributed by atoms with Crippen LogP contribution in [0.2, 0.25) is 0 Å². The minimum Gasteiger partial charge on any atom is -0.497 e. The first kappa shape index (κ1) is 24.4. The lowest BCUT2D eigenvalue weighted by Gasteiger charge is -2.31. The standard InChI is InChI=1S/C24H33N3O6/c1-17(2)27(24(29)25-18-11-21(30-3)13-22(12-18)31-4)16-23(28)26(14-19-7-5-9-32-19)15-20-8-6-10-33-20/h5,7,9,11-13,17,20H,6,8,10,14-16H2,1-4H3,(H,25,29). The molecule has 1 N–H and O–H groups in total. The fourth-order valence-electron chi connectivity index (χ4n) is 3.69. The third-order valence-corrected chi connectivity index (χ3v) is 5.52. The normalized spacial score (nSPS) is 15.4. The van der Waals surface area contributed by atoms with E-state index in [9.17, 15) is 9.59 Å². The Morgan fingerprint density at radius 1 is 1.18 bits per heavy atom. The topological polar surface area (TPSA) is 93.5 Å². The van der Waals surface area contributed by atoms with E-state index in [1.807, 2.05) is 19.9 Å². The number of carbonyl (C=O) groups excluding carboxylic acids is 2. The molecule has 1 saturated heterocycles. The third kappa shape index (κ3) is 6.89. The number of amides is 3. The predicted molar refractivity (Wildman–Crippen MR) is 124 cm³/mol. The largest absolute Gasteiger partial charge is 0.497 e. The highest BCUT2D eigenvalue weighted by Crippen LogP contribution is 2.26. The molecule has 9 heteroatoms. The molecule has 2 aromatic rings. The summed E-state index contributed by atoms with van der Waals surface area (Å²) in [5.41, 5.74) is 0.515. The van der Waals surface area contributed by atoms with Crippen molar-refractivity contribution >= 4 is 17.6 Å². The maximum Gasteiger partial charge on any atom is 0.322 e. The predicted octanol–water partition coefficient (Wildman–Crippen LogP) is 3.75. The Morgan fingerprint density at radius 3 is 2.45 bits per heavy atom. The molecule has 1 aromatic heterocycles. The molecular formula is C24H33N3O6. The van der Waals surface area contributed by atoms with E-state index in [2.05, 4.69) is 5.32 Å². The number of hydrogen-bond acceptors (Lipinski definition) is 6. The van der Waals surface area contributed by atoms with Crippen molar-refractivity contribution in [2.45, 2.75) is 45.4 Å². The van der Waals surface area contributed by atoms with Gasteiger partial charge in [-0.1, -0.05) is 0 Å². The number of rotatable bonds is 10. The number of furan rings is 1. The molecule has 1 atom stereocenters. The highest BCUT2D eigenvalue weighted by atomic mass is 16.5. The Balaban J connectivity index is 1.71. The minimum atomic E-state index is -0.385. The summed E-state index contributed by atoms with van der Waals surface area (Å²) < 4.78 is 21.7. The molecule has 0 radical (unpaired) electrons. The van der Waals surface area contributed by atoms with Gasteiger partial charge in [0.15, 0.2) is 0 Å². The van der Waals surface area contributed by atoms with Crippen LogP contribution in [-0.2, 0) is 16.1 Å². The Bertz CT molecular complexity index is 887. The number of urea groups is 1. The van der Waals surface area contributed by atoms with Crippen molar-refractivity contribution in [3.63, 3.8) is 0 Å². The number of benzene rings is 1. The van der Waals surface area contributed by atoms with E-state index in [1.54, 1.807) is 49.6 Å². The second-order valence-electron chi connectivity index (χ2n) is 8.24. The van der Waals surface area contributed by atoms with E-state index >= 15 is 0 Å². The lowest BCUT2D eigenvalue weighted by atomic mass is 10.2. The second kappa shape index (κ2) is 11.6. The fraction of sp³-hybridized carbons (Fsp3) is 0.500. The van der Waals surface area contributed by atoms with E-state index in [0.717, 1.165) is 12.8 Å². The first-order valence-electron chi connectivity index (χ1n) is 11.1. The molecule has 2 heterocycles. The molecule has 1 aliphatic rings. The van der Waals surface area contributed by atoms with Crippen LogP contribution in [0.3, 0.4) is 0 Å². The van der Waals surface area contributed by atoms with Gasteiger partial charge in [-0.05, 0) is 38.8 Å². The summed E-state index contributed by atoms with van der Waals surface area (Å²) in [6.45, 7) is 5.16. The summed E-state index contributed by atoms with van der Waals surface area (Å²) in [5, 5.41) is 2.85. The molecule has 0 bridgehead atoms. The van der Waals surface area contributed by atoms with Crippen LogP contribution >= 0.6 is 0 Å². The molecule has 0 aliphatic carbocycles. The van der Waals surface area contributed by atoms with Crippen molar-refractivity contribution in [2.24, 2.45) is 0 Å². The molecule has 1 aromatic carbocycles. The van der Waals surface area contributed by atoms with Gasteiger partial charge in [0.2, 0.25) is 5.91 Å². The average Bonchev–Trinajstić information content (AvgIpc) is 3.50. The Morgan fingerprint density at radius 2 is 1.91 bits per heavy atom. The number of ether oxygens (including phenoxy) is 3. The zero-order valence-electron chi connectivity index (χ0n) is 19.7. The van der Waals surface area contributed by atoms with Gasteiger partial charge in [0.1, 0.15) is 23.8 Å². The fourth-order valence-corrected chi connectivity index (χ4v) is 3.69. The number of nitrogens with one attached hydrogen (secondary N) is 1. The van der Waals surface area contributed by atoms with Crippen molar-refractivity contribution in [1.82, 2.24) is 9.80 Å². The van der Waals surface area contributed by atoms with Crippen molar-refractivity contribution in [3.8, 4) is 11.5 Å². The Hall–Kier alpha value is -3.20. The number of carbonyl (C=O) groups is 2. The van der Waals surface area contributed by atoms with Crippen LogP contribution in [0.1, 0.15) is 32.4 Å². The number of nitrogens with zero attached hydrogens (tertiary/aromatic N) is 2. The zero-order chi connectivity index (χ0) is 23.8. The van der Waals surface area contributed by atoms with E-state index in [4.69, 9.17) is 18.6 Å². The van der Waals surface area contributed by atoms with Gasteiger partial charge in [-0.15, -0.1) is 0 Å². The van der Waals surface area contributed by atoms with E-state index in [0.29, 0.717) is 42.6 Å². The highest BCUT2D eigenvalue weighted by molar-refractivity contribution is 5.93. The Kier molecular flexibility index (Phi) is 8.59. The smallest absolute Gasteiger partial charge is 0.322 e. The van der Waals surface area contributed by atoms with Gasteiger partial charge in [0, 0.05) is 43.1 Å². The van der Waals surface area contributed by atoms with Crippen LogP contribution in [-0.4, -0.2) is 67.8 Å². The summed E-state index contributed by atoms with van der Waals surface area (Å²) in [6.07, 6.45) is 3.47. The lowest BCUT2D eigenvalue weighted by Crippen LogP contribution is -2.48. The van der Waals surface area contributed by atoms with Crippen LogP contribution in [0.15, 0.2) is 41.0 Å². The molecule has 1 aliphatic heterocycles. The van der Waals surface area contributed by atoms with E-state index in [1.165, 1.54) is 4.90 Å². The molecule has 0 saturated carbocycles. The number of hydrogen-bond donors (Lipinski definition) is 1. The van der Waals surface area contributed by atoms with Crippen LogP contribution in [0.4, 0.5) is 10.5 Å². The molecule has 180 valence electrons. The van der Waals surface area contributed by atoms with Crippen LogP contribution in [0.25, 0.3) is 0 Å². The summed E-state index contributed by atoms with van der Waals surface area (Å²) >= 11 is 0. The first-order valence-corrected chi connectivity index (χ1v) is 11.1. The molecule has 3 rings (SSSR count). The van der Waals surface area contributed by atoms with Gasteiger partial charge in [-0.25, -0.2) is 4.79 Å². The van der Waals surface area contributed by atoms with Crippen LogP contribution in [0, 0.1) is 0 Å². The SMILES string of the molecule is COc1cc(NC(=O)N(CC(=O)N(Cc2ccco2)CC2CCCO2)C(C)C)cc(OC)c1. The van der Waals surface area contributed by atoms with Crippen LogP contribution < -0.4 is 14.8 Å². The van der Waals surface area contributed by atoms with E-state index in [-0.39, 0.29) is 30.6 Å². The molecule has 9 nitrogen and oxygen atoms in total. The van der Waals surface area contributed by atoms with Crippen molar-refractivity contribution in [1.29, 1.82) is 0 Å². The average molecular weight is 460 g/mol. The summed E-state index contributed by atoms with van der Waals surface area (Å²) in [5.74, 6) is 1.62. The van der Waals surface area contributed by atoms with Gasteiger partial charge in [-0.2, -0.15) is 0 Å². The molecule has 1 unspecified atom stereocenters. The second-order valence-corrected chi connectivity index (χ2v) is 8.24. The lowest BCUT2D eigenvalue weighted by molar-refractivity contribution is -0.134. The van der Waals surface area contributed by atoms with Gasteiger partial charge < -0.3 is 33.7 Å². The summed E-state index contributed by atoms with van der Waals surface area (Å²) in [4.78, 5) is 29.6. The maximum absolute atomic E-state index is 13.3. The first-order chi connectivity index (χ1) is 15.9. The van der Waals surface area contributed by atoms with Crippen LogP contribution in [0.5, 0.6) is 11.5 Å². The monoisotopic (exact) mass is 459 g/mol. The third-order valence-electron chi connectivity index (χ3n) is 5.52. The summed E-state index contributed by atoms with van der Waals surface area (Å²) in [7, 11) is 3.09. The molecule has 33 heavy (non-hydrogen) atoms. The van der Waals surface area contributed by atoms with Crippen molar-refractivity contribution in [2.75, 3.05) is 39.2 Å². The van der Waals surface area contributed by atoms with Gasteiger partial charge in [-0.3, -0.25) is 4.79 Å². The highest BCUT2D eigenvalue weighted by Gasteiger charge is 2.27. The van der Waals surface area contributed by atoms with Crippen molar-refractivity contribution in [3.05, 3.63) is 42.4 Å². The minimum absolute atomic E-state index is 0.00510. The zero-order valence-corrected chi connectivity index (χ0v) is 19.7.